The van der Waals surface area contributed by atoms with E-state index >= 15 is 0 Å². The first kappa shape index (κ1) is 27.1. The minimum absolute atomic E-state index is 0. The van der Waals surface area contributed by atoms with Crippen LogP contribution in [-0.2, 0) is 11.2 Å². The zero-order valence-corrected chi connectivity index (χ0v) is 22.2. The van der Waals surface area contributed by atoms with Crippen LogP contribution in [0.2, 0.25) is 0 Å². The number of anilines is 1. The maximum Gasteiger partial charge on any atom is 0.233 e. The van der Waals surface area contributed by atoms with Gasteiger partial charge in [-0.15, -0.1) is 12.4 Å². The summed E-state index contributed by atoms with van der Waals surface area (Å²) in [6.45, 7) is 16.5. The van der Waals surface area contributed by atoms with Gasteiger partial charge in [0.15, 0.2) is 5.13 Å². The fraction of sp³-hybridized carbons (Fsp3) is 0.462. The number of para-hydroxylation sites is 1. The van der Waals surface area contributed by atoms with Gasteiger partial charge in [0.25, 0.3) is 0 Å². The molecule has 0 fully saturated rings. The summed E-state index contributed by atoms with van der Waals surface area (Å²) in [5.41, 5.74) is 5.51. The number of hydrogen-bond acceptors (Lipinski definition) is 5. The number of aryl methyl sites for hydroxylation is 3. The van der Waals surface area contributed by atoms with Crippen LogP contribution in [-0.4, -0.2) is 48.6 Å². The van der Waals surface area contributed by atoms with Crippen molar-refractivity contribution in [2.24, 2.45) is 0 Å². The Morgan fingerprint density at radius 2 is 1.70 bits per heavy atom. The van der Waals surface area contributed by atoms with Gasteiger partial charge in [-0.25, -0.2) is 4.98 Å². The van der Waals surface area contributed by atoms with Crippen LogP contribution >= 0.6 is 23.7 Å². The van der Waals surface area contributed by atoms with E-state index in [1.165, 1.54) is 16.7 Å². The van der Waals surface area contributed by atoms with E-state index in [0.29, 0.717) is 19.6 Å². The average Bonchev–Trinajstić information content (AvgIpc) is 3.19. The van der Waals surface area contributed by atoms with Gasteiger partial charge in [-0.2, -0.15) is 0 Å². The predicted octanol–water partition coefficient (Wildman–Crippen LogP) is 5.96. The smallest absolute Gasteiger partial charge is 0.233 e. The van der Waals surface area contributed by atoms with Crippen molar-refractivity contribution in [2.75, 3.05) is 37.7 Å². The molecule has 0 saturated heterocycles. The molecule has 0 aliphatic heterocycles. The molecule has 5 nitrogen and oxygen atoms in total. The third-order valence-corrected chi connectivity index (χ3v) is 6.95. The Hall–Kier alpha value is -2.15. The first-order chi connectivity index (χ1) is 15.4. The second-order valence-electron chi connectivity index (χ2n) is 8.16. The van der Waals surface area contributed by atoms with Gasteiger partial charge in [0.1, 0.15) is 11.3 Å². The van der Waals surface area contributed by atoms with Gasteiger partial charge in [-0.05, 0) is 69.6 Å². The number of rotatable bonds is 10. The van der Waals surface area contributed by atoms with Gasteiger partial charge < -0.3 is 9.64 Å². The molecule has 7 heteroatoms. The summed E-state index contributed by atoms with van der Waals surface area (Å²) >= 11 is 1.56. The number of hydrogen-bond donors (Lipinski definition) is 0. The largest absolute Gasteiger partial charge is 0.492 e. The summed E-state index contributed by atoms with van der Waals surface area (Å²) in [4.78, 5) is 22.7. The molecular formula is C26H36ClN3O2S. The van der Waals surface area contributed by atoms with E-state index in [0.717, 1.165) is 46.3 Å². The predicted molar refractivity (Wildman–Crippen MR) is 143 cm³/mol. The molecule has 0 aliphatic carbocycles. The highest BCUT2D eigenvalue weighted by Gasteiger charge is 2.23. The molecule has 1 heterocycles. The molecular weight excluding hydrogens is 454 g/mol. The van der Waals surface area contributed by atoms with Gasteiger partial charge in [0.2, 0.25) is 5.91 Å². The maximum atomic E-state index is 13.6. The van der Waals surface area contributed by atoms with E-state index in [1.54, 1.807) is 11.3 Å². The summed E-state index contributed by atoms with van der Waals surface area (Å²) in [7, 11) is 0. The zero-order valence-electron chi connectivity index (χ0n) is 20.6. The molecule has 0 aliphatic rings. The number of amides is 1. The molecule has 0 N–H and O–H groups in total. The molecule has 180 valence electrons. The topological polar surface area (TPSA) is 45.7 Å². The van der Waals surface area contributed by atoms with E-state index in [-0.39, 0.29) is 18.3 Å². The highest BCUT2D eigenvalue weighted by atomic mass is 35.5. The van der Waals surface area contributed by atoms with Crippen LogP contribution in [0.25, 0.3) is 10.2 Å². The quantitative estimate of drug-likeness (QED) is 0.352. The molecule has 33 heavy (non-hydrogen) atoms. The van der Waals surface area contributed by atoms with Crippen molar-refractivity contribution in [3.8, 4) is 5.75 Å². The zero-order chi connectivity index (χ0) is 23.3. The molecule has 3 rings (SSSR count). The van der Waals surface area contributed by atoms with Crippen molar-refractivity contribution in [3.05, 3.63) is 52.6 Å². The Kier molecular flexibility index (Phi) is 10.1. The lowest BCUT2D eigenvalue weighted by atomic mass is 9.97. The molecule has 1 aromatic heterocycles. The number of aromatic nitrogens is 1. The van der Waals surface area contributed by atoms with Crippen molar-refractivity contribution in [1.82, 2.24) is 9.88 Å². The molecule has 1 amide bonds. The molecule has 0 unspecified atom stereocenters. The van der Waals surface area contributed by atoms with Crippen LogP contribution in [0.15, 0.2) is 30.3 Å². The van der Waals surface area contributed by atoms with Crippen LogP contribution in [0.4, 0.5) is 5.13 Å². The van der Waals surface area contributed by atoms with Crippen LogP contribution in [0.1, 0.15) is 43.0 Å². The van der Waals surface area contributed by atoms with Crippen LogP contribution < -0.4 is 9.64 Å². The summed E-state index contributed by atoms with van der Waals surface area (Å²) in [6.07, 6.45) is 0.379. The lowest BCUT2D eigenvalue weighted by Crippen LogP contribution is -2.39. The first-order valence-corrected chi connectivity index (χ1v) is 12.3. The third-order valence-electron chi connectivity index (χ3n) is 5.91. The highest BCUT2D eigenvalue weighted by molar-refractivity contribution is 7.22. The lowest BCUT2D eigenvalue weighted by Gasteiger charge is -2.25. The number of carbonyl (C=O) groups excluding carboxylic acids is 1. The second kappa shape index (κ2) is 12.4. The minimum Gasteiger partial charge on any atom is -0.492 e. The number of ether oxygens (including phenoxy) is 1. The Balaban J connectivity index is 0.00000385. The van der Waals surface area contributed by atoms with Crippen LogP contribution in [0.5, 0.6) is 5.75 Å². The standard InChI is InChI=1S/C26H35N3O2S.ClH/c1-7-28(8-2)13-14-29(24(30)17-21-19(5)15-18(4)16-20(21)6)26-27-25-22(31-9-3)11-10-12-23(25)32-26;/h10-12,15-16H,7-9,13-14,17H2,1-6H3;1H. The van der Waals surface area contributed by atoms with Crippen molar-refractivity contribution >= 4 is 45.0 Å². The van der Waals surface area contributed by atoms with Gasteiger partial charge >= 0.3 is 0 Å². The van der Waals surface area contributed by atoms with E-state index in [9.17, 15) is 4.79 Å². The number of likely N-dealkylation sites (N-methyl/N-ethyl adjacent to an activating group) is 1. The number of fused-ring (bicyclic) bond motifs is 1. The number of halogens is 1. The van der Waals surface area contributed by atoms with Gasteiger partial charge in [-0.3, -0.25) is 9.69 Å². The number of benzene rings is 2. The number of thiazole rings is 1. The molecule has 0 bridgehead atoms. The molecule has 0 saturated carbocycles. The van der Waals surface area contributed by atoms with E-state index in [2.05, 4.69) is 51.7 Å². The summed E-state index contributed by atoms with van der Waals surface area (Å²) in [5.74, 6) is 0.859. The van der Waals surface area contributed by atoms with Crippen LogP contribution in [0.3, 0.4) is 0 Å². The first-order valence-electron chi connectivity index (χ1n) is 11.5. The maximum absolute atomic E-state index is 13.6. The fourth-order valence-electron chi connectivity index (χ4n) is 4.14. The van der Waals surface area contributed by atoms with Gasteiger partial charge in [0.05, 0.1) is 17.7 Å². The SMILES string of the molecule is CCOc1cccc2sc(N(CCN(CC)CC)C(=O)Cc3c(C)cc(C)cc3C)nc12.Cl. The third kappa shape index (κ3) is 6.46. The molecule has 0 radical (unpaired) electrons. The molecule has 3 aromatic rings. The second-order valence-corrected chi connectivity index (χ2v) is 9.17. The number of nitrogens with zero attached hydrogens (tertiary/aromatic N) is 3. The molecule has 0 atom stereocenters. The van der Waals surface area contributed by atoms with Crippen molar-refractivity contribution in [2.45, 2.75) is 48.0 Å². The Labute approximate surface area is 208 Å². The number of carbonyl (C=O) groups is 1. The Morgan fingerprint density at radius 1 is 1.03 bits per heavy atom. The van der Waals surface area contributed by atoms with Crippen molar-refractivity contribution in [3.63, 3.8) is 0 Å². The summed E-state index contributed by atoms with van der Waals surface area (Å²) in [5, 5.41) is 0.742. The monoisotopic (exact) mass is 489 g/mol. The van der Waals surface area contributed by atoms with E-state index in [4.69, 9.17) is 9.72 Å². The molecule has 0 spiro atoms. The van der Waals surface area contributed by atoms with E-state index < -0.39 is 0 Å². The summed E-state index contributed by atoms with van der Waals surface area (Å²) in [6, 6.07) is 10.3. The van der Waals surface area contributed by atoms with Crippen molar-refractivity contribution < 1.29 is 9.53 Å². The fourth-order valence-corrected chi connectivity index (χ4v) is 5.17. The Bertz CT molecular complexity index is 1060. The summed E-state index contributed by atoms with van der Waals surface area (Å²) < 4.78 is 6.81. The van der Waals surface area contributed by atoms with Gasteiger partial charge in [-0.1, -0.05) is 48.9 Å². The van der Waals surface area contributed by atoms with E-state index in [1.807, 2.05) is 30.0 Å². The lowest BCUT2D eigenvalue weighted by molar-refractivity contribution is -0.118. The van der Waals surface area contributed by atoms with Crippen molar-refractivity contribution in [1.29, 1.82) is 0 Å². The minimum atomic E-state index is 0. The Morgan fingerprint density at radius 3 is 2.30 bits per heavy atom. The highest BCUT2D eigenvalue weighted by Crippen LogP contribution is 2.34. The van der Waals surface area contributed by atoms with Gasteiger partial charge in [0, 0.05) is 13.1 Å². The van der Waals surface area contributed by atoms with Crippen LogP contribution in [0, 0.1) is 20.8 Å². The normalized spacial score (nSPS) is 11.0. The molecule has 2 aromatic carbocycles. The average molecular weight is 490 g/mol.